The zero-order chi connectivity index (χ0) is 13.8. The van der Waals surface area contributed by atoms with Crippen LogP contribution in [0.5, 0.6) is 0 Å². The molecule has 0 spiro atoms. The quantitative estimate of drug-likeness (QED) is 0.749. The summed E-state index contributed by atoms with van der Waals surface area (Å²) in [7, 11) is 1.99. The van der Waals surface area contributed by atoms with Gasteiger partial charge < -0.3 is 0 Å². The van der Waals surface area contributed by atoms with Gasteiger partial charge in [0, 0.05) is 25.5 Å². The van der Waals surface area contributed by atoms with Crippen molar-refractivity contribution >= 4 is 23.2 Å². The minimum absolute atomic E-state index is 0.662. The molecule has 2 heterocycles. The lowest BCUT2D eigenvalue weighted by atomic mass is 10.1. The molecule has 3 nitrogen and oxygen atoms in total. The van der Waals surface area contributed by atoms with Crippen molar-refractivity contribution in [2.75, 3.05) is 12.4 Å². The molecule has 0 radical (unpaired) electrons. The van der Waals surface area contributed by atoms with Crippen LogP contribution in [0.1, 0.15) is 44.0 Å². The second kappa shape index (κ2) is 6.96. The van der Waals surface area contributed by atoms with Crippen molar-refractivity contribution in [2.24, 2.45) is 7.05 Å². The van der Waals surface area contributed by atoms with E-state index in [0.717, 1.165) is 48.2 Å². The van der Waals surface area contributed by atoms with Gasteiger partial charge in [-0.2, -0.15) is 5.10 Å². The van der Waals surface area contributed by atoms with E-state index in [2.05, 4.69) is 16.9 Å². The highest BCUT2D eigenvalue weighted by atomic mass is 35.5. The van der Waals surface area contributed by atoms with Crippen LogP contribution in [-0.4, -0.2) is 33.1 Å². The standard InChI is InChI=1S/C14H23Cl2N3/c1-3-12-14(16)13(18(2)17-12)10-19-9-5-7-11(19)6-4-8-15/h11H,3-10H2,1-2H3. The topological polar surface area (TPSA) is 21.1 Å². The molecule has 0 N–H and O–H groups in total. The summed E-state index contributed by atoms with van der Waals surface area (Å²) in [4.78, 5) is 2.54. The molecule has 1 atom stereocenters. The van der Waals surface area contributed by atoms with Crippen molar-refractivity contribution in [1.29, 1.82) is 0 Å². The first-order valence-corrected chi connectivity index (χ1v) is 8.08. The monoisotopic (exact) mass is 303 g/mol. The molecule has 1 aliphatic rings. The summed E-state index contributed by atoms with van der Waals surface area (Å²) in [6, 6.07) is 0.662. The minimum atomic E-state index is 0.662. The first-order chi connectivity index (χ1) is 9.17. The third-order valence-corrected chi connectivity index (χ3v) is 4.73. The molecule has 0 saturated carbocycles. The number of rotatable bonds is 6. The lowest BCUT2D eigenvalue weighted by Gasteiger charge is -2.24. The van der Waals surface area contributed by atoms with Crippen LogP contribution >= 0.6 is 23.2 Å². The third kappa shape index (κ3) is 3.45. The van der Waals surface area contributed by atoms with Crippen molar-refractivity contribution < 1.29 is 0 Å². The molecule has 19 heavy (non-hydrogen) atoms. The second-order valence-electron chi connectivity index (χ2n) is 5.28. The summed E-state index contributed by atoms with van der Waals surface area (Å²) >= 11 is 12.2. The maximum absolute atomic E-state index is 6.43. The third-order valence-electron chi connectivity index (χ3n) is 4.03. The van der Waals surface area contributed by atoms with Gasteiger partial charge in [0.25, 0.3) is 0 Å². The number of hydrogen-bond acceptors (Lipinski definition) is 2. The number of alkyl halides is 1. The van der Waals surface area contributed by atoms with Crippen LogP contribution < -0.4 is 0 Å². The van der Waals surface area contributed by atoms with Gasteiger partial charge in [-0.3, -0.25) is 9.58 Å². The fourth-order valence-electron chi connectivity index (χ4n) is 2.93. The van der Waals surface area contributed by atoms with Gasteiger partial charge in [0.1, 0.15) is 0 Å². The summed E-state index contributed by atoms with van der Waals surface area (Å²) in [5.41, 5.74) is 2.16. The summed E-state index contributed by atoms with van der Waals surface area (Å²) < 4.78 is 1.94. The molecule has 1 unspecified atom stereocenters. The maximum Gasteiger partial charge on any atom is 0.0863 e. The summed E-state index contributed by atoms with van der Waals surface area (Å²) in [6.07, 6.45) is 5.75. The molecular formula is C14H23Cl2N3. The van der Waals surface area contributed by atoms with E-state index in [-0.39, 0.29) is 0 Å². The Morgan fingerprint density at radius 3 is 2.84 bits per heavy atom. The number of aromatic nitrogens is 2. The van der Waals surface area contributed by atoms with Gasteiger partial charge in [0.2, 0.25) is 0 Å². The second-order valence-corrected chi connectivity index (χ2v) is 6.04. The van der Waals surface area contributed by atoms with E-state index in [9.17, 15) is 0 Å². The van der Waals surface area contributed by atoms with Crippen LogP contribution in [0, 0.1) is 0 Å². The highest BCUT2D eigenvalue weighted by Gasteiger charge is 2.26. The Labute approximate surface area is 125 Å². The Morgan fingerprint density at radius 1 is 1.42 bits per heavy atom. The van der Waals surface area contributed by atoms with Crippen LogP contribution in [0.25, 0.3) is 0 Å². The molecule has 1 fully saturated rings. The number of likely N-dealkylation sites (tertiary alicyclic amines) is 1. The number of halogens is 2. The SMILES string of the molecule is CCc1nn(C)c(CN2CCCC2CCCCl)c1Cl. The van der Waals surface area contributed by atoms with Crippen molar-refractivity contribution in [2.45, 2.75) is 51.6 Å². The predicted octanol–water partition coefficient (Wildman–Crippen LogP) is 3.62. The lowest BCUT2D eigenvalue weighted by Crippen LogP contribution is -2.30. The van der Waals surface area contributed by atoms with Gasteiger partial charge in [-0.25, -0.2) is 0 Å². The molecule has 1 aromatic rings. The minimum Gasteiger partial charge on any atom is -0.295 e. The molecule has 0 bridgehead atoms. The predicted molar refractivity (Wildman–Crippen MR) is 81.0 cm³/mol. The fraction of sp³-hybridized carbons (Fsp3) is 0.786. The fourth-order valence-corrected chi connectivity index (χ4v) is 3.43. The van der Waals surface area contributed by atoms with E-state index in [1.165, 1.54) is 19.3 Å². The van der Waals surface area contributed by atoms with Gasteiger partial charge >= 0.3 is 0 Å². The van der Waals surface area contributed by atoms with Gasteiger partial charge in [-0.1, -0.05) is 18.5 Å². The van der Waals surface area contributed by atoms with Gasteiger partial charge in [-0.05, 0) is 38.6 Å². The molecule has 2 rings (SSSR count). The smallest absolute Gasteiger partial charge is 0.0863 e. The van der Waals surface area contributed by atoms with E-state index in [0.29, 0.717) is 6.04 Å². The molecule has 0 aliphatic carbocycles. The van der Waals surface area contributed by atoms with E-state index >= 15 is 0 Å². The Morgan fingerprint density at radius 2 is 2.21 bits per heavy atom. The Hall–Kier alpha value is -0.250. The van der Waals surface area contributed by atoms with Crippen molar-refractivity contribution in [1.82, 2.24) is 14.7 Å². The average Bonchev–Trinajstić information content (AvgIpc) is 2.95. The number of aryl methyl sites for hydroxylation is 2. The first kappa shape index (κ1) is 15.1. The zero-order valence-electron chi connectivity index (χ0n) is 11.8. The van der Waals surface area contributed by atoms with Crippen molar-refractivity contribution in [3.63, 3.8) is 0 Å². The van der Waals surface area contributed by atoms with E-state index < -0.39 is 0 Å². The molecule has 1 aromatic heterocycles. The van der Waals surface area contributed by atoms with Crippen LogP contribution in [-0.2, 0) is 20.0 Å². The highest BCUT2D eigenvalue weighted by molar-refractivity contribution is 6.31. The molecule has 0 amide bonds. The molecule has 1 saturated heterocycles. The van der Waals surface area contributed by atoms with E-state index in [1.54, 1.807) is 0 Å². The van der Waals surface area contributed by atoms with Crippen LogP contribution in [0.4, 0.5) is 0 Å². The van der Waals surface area contributed by atoms with Crippen LogP contribution in [0.15, 0.2) is 0 Å². The van der Waals surface area contributed by atoms with E-state index in [1.807, 2.05) is 11.7 Å². The summed E-state index contributed by atoms with van der Waals surface area (Å²) in [6.45, 7) is 4.17. The van der Waals surface area contributed by atoms with Crippen molar-refractivity contribution in [3.8, 4) is 0 Å². The average molecular weight is 304 g/mol. The lowest BCUT2D eigenvalue weighted by molar-refractivity contribution is 0.228. The van der Waals surface area contributed by atoms with Crippen LogP contribution in [0.2, 0.25) is 5.02 Å². The maximum atomic E-state index is 6.43. The molecule has 5 heteroatoms. The Kier molecular flexibility index (Phi) is 5.55. The number of nitrogens with zero attached hydrogens (tertiary/aromatic N) is 3. The largest absolute Gasteiger partial charge is 0.295 e. The summed E-state index contributed by atoms with van der Waals surface area (Å²) in [5.74, 6) is 0.761. The Balaban J connectivity index is 2.05. The molecule has 0 aromatic carbocycles. The van der Waals surface area contributed by atoms with Gasteiger partial charge in [-0.15, -0.1) is 11.6 Å². The summed E-state index contributed by atoms with van der Waals surface area (Å²) in [5, 5.41) is 5.35. The first-order valence-electron chi connectivity index (χ1n) is 7.17. The number of hydrogen-bond donors (Lipinski definition) is 0. The van der Waals surface area contributed by atoms with E-state index in [4.69, 9.17) is 23.2 Å². The normalized spacial score (nSPS) is 20.3. The van der Waals surface area contributed by atoms with Crippen LogP contribution in [0.3, 0.4) is 0 Å². The molecule has 1 aliphatic heterocycles. The zero-order valence-corrected chi connectivity index (χ0v) is 13.3. The van der Waals surface area contributed by atoms with Crippen molar-refractivity contribution in [3.05, 3.63) is 16.4 Å². The highest BCUT2D eigenvalue weighted by Crippen LogP contribution is 2.27. The Bertz CT molecular complexity index is 417. The molecule has 108 valence electrons. The van der Waals surface area contributed by atoms with Gasteiger partial charge in [0.15, 0.2) is 0 Å². The van der Waals surface area contributed by atoms with Gasteiger partial charge in [0.05, 0.1) is 16.4 Å². The molecular weight excluding hydrogens is 281 g/mol.